The Balaban J connectivity index is 1.40. The molecule has 6 nitrogen and oxygen atoms in total. The maximum atomic E-state index is 13.3. The van der Waals surface area contributed by atoms with Crippen molar-refractivity contribution in [2.45, 2.75) is 38.1 Å². The van der Waals surface area contributed by atoms with Gasteiger partial charge in [-0.15, -0.1) is 0 Å². The summed E-state index contributed by atoms with van der Waals surface area (Å²) < 4.78 is 13.3. The summed E-state index contributed by atoms with van der Waals surface area (Å²) in [6, 6.07) is 4.12. The summed E-state index contributed by atoms with van der Waals surface area (Å²) in [5, 5.41) is 3.23. The second-order valence-corrected chi connectivity index (χ2v) is 7.83. The van der Waals surface area contributed by atoms with E-state index in [0.717, 1.165) is 19.3 Å². The molecule has 0 bridgehead atoms. The molecule has 8 heteroatoms. The van der Waals surface area contributed by atoms with E-state index in [4.69, 9.17) is 11.6 Å². The molecule has 4 rings (SSSR count). The smallest absolute Gasteiger partial charge is 0.271 e. The summed E-state index contributed by atoms with van der Waals surface area (Å²) in [6.07, 6.45) is 8.03. The summed E-state index contributed by atoms with van der Waals surface area (Å²) in [5.74, 6) is -0.624. The van der Waals surface area contributed by atoms with Gasteiger partial charge in [0, 0.05) is 25.0 Å². The van der Waals surface area contributed by atoms with E-state index in [1.54, 1.807) is 11.0 Å². The van der Waals surface area contributed by atoms with Crippen molar-refractivity contribution in [2.75, 3.05) is 11.4 Å². The highest BCUT2D eigenvalue weighted by Crippen LogP contribution is 2.47. The molecule has 2 amide bonds. The van der Waals surface area contributed by atoms with Gasteiger partial charge in [-0.2, -0.15) is 0 Å². The fraction of sp³-hybridized carbons (Fsp3) is 0.400. The first-order valence-corrected chi connectivity index (χ1v) is 9.70. The van der Waals surface area contributed by atoms with Crippen LogP contribution in [0.2, 0.25) is 5.02 Å². The maximum Gasteiger partial charge on any atom is 0.271 e. The average Bonchev–Trinajstić information content (AvgIpc) is 3.01. The van der Waals surface area contributed by atoms with Crippen LogP contribution in [0, 0.1) is 11.2 Å². The maximum absolute atomic E-state index is 13.3. The van der Waals surface area contributed by atoms with Gasteiger partial charge in [0.2, 0.25) is 5.91 Å². The standard InChI is InChI=1S/C20H20ClFN4O2/c21-15-11-13(22)1-2-17(15)26-10-7-20(19(26)28)5-3-14(4-6-20)25-18(27)16-12-23-8-9-24-16/h1-2,8-9,11-12,14H,3-7,10H2,(H,25,27). The zero-order valence-corrected chi connectivity index (χ0v) is 16.0. The highest BCUT2D eigenvalue weighted by molar-refractivity contribution is 6.34. The summed E-state index contributed by atoms with van der Waals surface area (Å²) in [6.45, 7) is 0.570. The molecular weight excluding hydrogens is 383 g/mol. The first kappa shape index (κ1) is 18.8. The lowest BCUT2D eigenvalue weighted by atomic mass is 9.71. The van der Waals surface area contributed by atoms with E-state index in [9.17, 15) is 14.0 Å². The first-order valence-electron chi connectivity index (χ1n) is 9.32. The molecule has 2 heterocycles. The van der Waals surface area contributed by atoms with Gasteiger partial charge in [-0.1, -0.05) is 11.6 Å². The van der Waals surface area contributed by atoms with Crippen LogP contribution in [0.3, 0.4) is 0 Å². The molecule has 1 saturated carbocycles. The number of nitrogens with zero attached hydrogens (tertiary/aromatic N) is 3. The second-order valence-electron chi connectivity index (χ2n) is 7.42. The third-order valence-corrected chi connectivity index (χ3v) is 6.09. The molecule has 0 atom stereocenters. The zero-order valence-electron chi connectivity index (χ0n) is 15.2. The molecule has 1 aromatic carbocycles. The number of nitrogens with one attached hydrogen (secondary N) is 1. The number of aromatic nitrogens is 2. The van der Waals surface area contributed by atoms with E-state index in [2.05, 4.69) is 15.3 Å². The van der Waals surface area contributed by atoms with Gasteiger partial charge in [0.05, 0.1) is 22.3 Å². The van der Waals surface area contributed by atoms with Crippen LogP contribution < -0.4 is 10.2 Å². The summed E-state index contributed by atoms with van der Waals surface area (Å²) in [4.78, 5) is 35.0. The lowest BCUT2D eigenvalue weighted by molar-refractivity contribution is -0.127. The summed E-state index contributed by atoms with van der Waals surface area (Å²) >= 11 is 6.15. The number of anilines is 1. The SMILES string of the molecule is O=C(NC1CCC2(CC1)CCN(c1ccc(F)cc1Cl)C2=O)c1cnccn1. The van der Waals surface area contributed by atoms with Crippen molar-refractivity contribution >= 4 is 29.1 Å². The lowest BCUT2D eigenvalue weighted by Crippen LogP contribution is -2.44. The minimum atomic E-state index is -0.425. The molecule has 1 aromatic heterocycles. The predicted octanol–water partition coefficient (Wildman–Crippen LogP) is 3.36. The van der Waals surface area contributed by atoms with E-state index < -0.39 is 11.2 Å². The fourth-order valence-corrected chi connectivity index (χ4v) is 4.47. The van der Waals surface area contributed by atoms with Gasteiger partial charge in [0.15, 0.2) is 0 Å². The quantitative estimate of drug-likeness (QED) is 0.854. The highest BCUT2D eigenvalue weighted by Gasteiger charge is 2.49. The molecule has 2 aromatic rings. The van der Waals surface area contributed by atoms with Crippen LogP contribution >= 0.6 is 11.6 Å². The Hall–Kier alpha value is -2.54. The average molecular weight is 403 g/mol. The van der Waals surface area contributed by atoms with Crippen molar-refractivity contribution in [3.8, 4) is 0 Å². The van der Waals surface area contributed by atoms with Gasteiger partial charge >= 0.3 is 0 Å². The van der Waals surface area contributed by atoms with Crippen molar-refractivity contribution in [1.29, 1.82) is 0 Å². The van der Waals surface area contributed by atoms with Gasteiger partial charge in [-0.05, 0) is 50.3 Å². The second kappa shape index (κ2) is 7.47. The van der Waals surface area contributed by atoms with E-state index >= 15 is 0 Å². The third-order valence-electron chi connectivity index (χ3n) is 5.79. The van der Waals surface area contributed by atoms with Gasteiger partial charge in [0.25, 0.3) is 5.91 Å². The Morgan fingerprint density at radius 2 is 2.04 bits per heavy atom. The Bertz CT molecular complexity index is 900. The van der Waals surface area contributed by atoms with Gasteiger partial charge in [-0.3, -0.25) is 14.6 Å². The number of carbonyl (C=O) groups excluding carboxylic acids is 2. The molecule has 1 aliphatic heterocycles. The topological polar surface area (TPSA) is 75.2 Å². The molecule has 1 aliphatic carbocycles. The van der Waals surface area contributed by atoms with Crippen LogP contribution in [0.15, 0.2) is 36.8 Å². The largest absolute Gasteiger partial charge is 0.348 e. The summed E-state index contributed by atoms with van der Waals surface area (Å²) in [5.41, 5.74) is 0.422. The first-order chi connectivity index (χ1) is 13.5. The lowest BCUT2D eigenvalue weighted by Gasteiger charge is -2.36. The number of halogens is 2. The van der Waals surface area contributed by atoms with Crippen molar-refractivity contribution in [2.24, 2.45) is 5.41 Å². The number of hydrogen-bond acceptors (Lipinski definition) is 4. The highest BCUT2D eigenvalue weighted by atomic mass is 35.5. The van der Waals surface area contributed by atoms with E-state index in [1.807, 2.05) is 0 Å². The third kappa shape index (κ3) is 3.46. The Kier molecular flexibility index (Phi) is 5.02. The summed E-state index contributed by atoms with van der Waals surface area (Å²) in [7, 11) is 0. The zero-order chi connectivity index (χ0) is 19.7. The Morgan fingerprint density at radius 1 is 1.25 bits per heavy atom. The number of rotatable bonds is 3. The van der Waals surface area contributed by atoms with Crippen LogP contribution in [0.25, 0.3) is 0 Å². The molecule has 1 saturated heterocycles. The van der Waals surface area contributed by atoms with Crippen molar-refractivity contribution in [3.05, 3.63) is 53.3 Å². The van der Waals surface area contributed by atoms with Crippen LogP contribution in [0.1, 0.15) is 42.6 Å². The minimum absolute atomic E-state index is 0.0105. The van der Waals surface area contributed by atoms with Gasteiger partial charge in [0.1, 0.15) is 11.5 Å². The van der Waals surface area contributed by atoms with E-state index in [0.29, 0.717) is 25.1 Å². The van der Waals surface area contributed by atoms with E-state index in [-0.39, 0.29) is 28.6 Å². The predicted molar refractivity (Wildman–Crippen MR) is 103 cm³/mol. The van der Waals surface area contributed by atoms with Crippen LogP contribution in [0.5, 0.6) is 0 Å². The molecule has 2 fully saturated rings. The van der Waals surface area contributed by atoms with Crippen LogP contribution in [-0.4, -0.2) is 34.4 Å². The van der Waals surface area contributed by atoms with E-state index in [1.165, 1.54) is 30.7 Å². The monoisotopic (exact) mass is 402 g/mol. The minimum Gasteiger partial charge on any atom is -0.348 e. The molecule has 2 aliphatic rings. The van der Waals surface area contributed by atoms with Crippen molar-refractivity contribution < 1.29 is 14.0 Å². The molecule has 0 radical (unpaired) electrons. The Morgan fingerprint density at radius 3 is 2.71 bits per heavy atom. The molecule has 1 N–H and O–H groups in total. The number of amides is 2. The van der Waals surface area contributed by atoms with Crippen LogP contribution in [-0.2, 0) is 4.79 Å². The fourth-order valence-electron chi connectivity index (χ4n) is 4.20. The van der Waals surface area contributed by atoms with Gasteiger partial charge in [-0.25, -0.2) is 9.37 Å². The molecule has 1 spiro atoms. The number of hydrogen-bond donors (Lipinski definition) is 1. The Labute approximate surface area is 167 Å². The normalized spacial score (nSPS) is 24.6. The number of carbonyl (C=O) groups is 2. The molecule has 146 valence electrons. The molecule has 28 heavy (non-hydrogen) atoms. The molecule has 0 unspecified atom stereocenters. The molecular formula is C20H20ClFN4O2. The van der Waals surface area contributed by atoms with Crippen molar-refractivity contribution in [3.63, 3.8) is 0 Å². The van der Waals surface area contributed by atoms with Crippen LogP contribution in [0.4, 0.5) is 10.1 Å². The van der Waals surface area contributed by atoms with Gasteiger partial charge < -0.3 is 10.2 Å². The van der Waals surface area contributed by atoms with Crippen molar-refractivity contribution in [1.82, 2.24) is 15.3 Å². The number of benzene rings is 1.